The molecule has 0 aromatic heterocycles. The smallest absolute Gasteiger partial charge is 0.331 e. The van der Waals surface area contributed by atoms with Crippen molar-refractivity contribution in [2.24, 2.45) is 0 Å². The Hall–Kier alpha value is -7.64. The number of esters is 2. The summed E-state index contributed by atoms with van der Waals surface area (Å²) in [5.41, 5.74) is 0.760. The van der Waals surface area contributed by atoms with Gasteiger partial charge >= 0.3 is 11.9 Å². The monoisotopic (exact) mass is 1130 g/mol. The van der Waals surface area contributed by atoms with Crippen molar-refractivity contribution in [3.8, 4) is 57.5 Å². The van der Waals surface area contributed by atoms with Crippen LogP contribution in [0.25, 0.3) is 18.2 Å². The topological polar surface area (TPSA) is 411 Å². The first-order chi connectivity index (χ1) is 38.2. The van der Waals surface area contributed by atoms with Crippen molar-refractivity contribution >= 4 is 30.2 Å². The highest BCUT2D eigenvalue weighted by Crippen LogP contribution is 2.48. The van der Waals surface area contributed by atoms with E-state index in [4.69, 9.17) is 56.8 Å². The van der Waals surface area contributed by atoms with E-state index in [1.165, 1.54) is 82.0 Å². The van der Waals surface area contributed by atoms with Gasteiger partial charge < -0.3 is 123 Å². The number of aromatic hydroxyl groups is 6. The third-order valence-corrected chi connectivity index (χ3v) is 13.1. The number of aliphatic hydroxyl groups excluding tert-OH is 8. The second-order valence-electron chi connectivity index (χ2n) is 18.4. The SMILES string of the molecule is COc1cc(C=CC(=O)OCC2OC(OC3=Cc4c(OC5OC(CO)C(O)C(O)C5O)cc(O)cc4[OH+]C3c3ccc(O)c(O)c3)C(OC3OCC(O)C(O)C3OC(=O)C=Cc3cc(OC)c(O)c(OC)c3)C(O)C2O)ccc1O. The summed E-state index contributed by atoms with van der Waals surface area (Å²) < 4.78 is 67.3. The zero-order valence-corrected chi connectivity index (χ0v) is 42.5. The number of carbonyl (C=O) groups excluding carboxylic acids is 2. The molecule has 8 rings (SSSR count). The number of hydrogen-bond acceptors (Lipinski definition) is 26. The van der Waals surface area contributed by atoms with Crippen LogP contribution in [0.3, 0.4) is 0 Å². The van der Waals surface area contributed by atoms with Crippen molar-refractivity contribution in [2.45, 2.75) is 92.1 Å². The number of ether oxygens (including phenoxy) is 12. The molecule has 0 spiro atoms. The number of fused-ring (bicyclic) bond motifs is 1. The van der Waals surface area contributed by atoms with Crippen LogP contribution in [-0.2, 0) is 42.7 Å². The molecular weight excluding hydrogens is 1070 g/mol. The van der Waals surface area contributed by atoms with Crippen molar-refractivity contribution in [1.82, 2.24) is 0 Å². The Bertz CT molecular complexity index is 2920. The van der Waals surface area contributed by atoms with E-state index < -0.39 is 141 Å². The first kappa shape index (κ1) is 58.5. The second-order valence-corrected chi connectivity index (χ2v) is 18.4. The molecule has 432 valence electrons. The molecule has 27 heteroatoms. The van der Waals surface area contributed by atoms with E-state index in [9.17, 15) is 76.0 Å². The van der Waals surface area contributed by atoms with E-state index in [-0.39, 0.29) is 62.7 Å². The van der Waals surface area contributed by atoms with E-state index in [0.29, 0.717) is 5.56 Å². The molecule has 27 nitrogen and oxygen atoms in total. The fourth-order valence-corrected chi connectivity index (χ4v) is 8.81. The Morgan fingerprint density at radius 2 is 1.27 bits per heavy atom. The van der Waals surface area contributed by atoms with Gasteiger partial charge in [-0.25, -0.2) is 9.59 Å². The third kappa shape index (κ3) is 12.8. The minimum Gasteiger partial charge on any atom is -0.571 e. The van der Waals surface area contributed by atoms with Crippen LogP contribution in [0.4, 0.5) is 0 Å². The van der Waals surface area contributed by atoms with Gasteiger partial charge in [0.05, 0.1) is 46.2 Å². The second kappa shape index (κ2) is 25.2. The number of phenols is 5. The maximum absolute atomic E-state index is 13.4. The van der Waals surface area contributed by atoms with Crippen molar-refractivity contribution < 1.29 is 133 Å². The number of benzene rings is 4. The van der Waals surface area contributed by atoms with Crippen LogP contribution < -0.4 is 18.9 Å². The molecule has 0 bridgehead atoms. The minimum absolute atomic E-state index is 0.00272. The summed E-state index contributed by atoms with van der Waals surface area (Å²) in [5, 5.41) is 139. The highest BCUT2D eigenvalue weighted by Gasteiger charge is 2.53. The van der Waals surface area contributed by atoms with Crippen LogP contribution in [-0.4, -0.2) is 210 Å². The lowest BCUT2D eigenvalue weighted by Crippen LogP contribution is -2.63. The van der Waals surface area contributed by atoms with E-state index in [1.54, 1.807) is 0 Å². The van der Waals surface area contributed by atoms with E-state index in [1.807, 2.05) is 0 Å². The van der Waals surface area contributed by atoms with Gasteiger partial charge in [-0.05, 0) is 65.7 Å². The number of phenolic OH excluding ortho intramolecular Hbond substituents is 5. The van der Waals surface area contributed by atoms with Crippen LogP contribution in [0, 0.1) is 0 Å². The van der Waals surface area contributed by atoms with Gasteiger partial charge in [0, 0.05) is 24.3 Å². The van der Waals surface area contributed by atoms with E-state index >= 15 is 0 Å². The van der Waals surface area contributed by atoms with Crippen LogP contribution in [0.2, 0.25) is 0 Å². The molecule has 15 atom stereocenters. The minimum atomic E-state index is -2.12. The number of carbonyl (C=O) groups is 2. The van der Waals surface area contributed by atoms with Gasteiger partial charge in [-0.15, -0.1) is 0 Å². The molecule has 4 heterocycles. The lowest BCUT2D eigenvalue weighted by Gasteiger charge is -2.45. The molecule has 15 unspecified atom stereocenters. The molecule has 3 fully saturated rings. The molecule has 0 aliphatic carbocycles. The number of rotatable bonds is 18. The number of methoxy groups -OCH3 is 3. The standard InChI is InChI=1S/C53H58O27/c1-69-33-12-22(4-8-28(33)57)5-10-39(60)72-21-38-44(65)46(67)50(80-52-49(41(62)30(59)20-73-52)79-40(61)11-6-23-13-34(70-2)42(63)35(14-23)71-3)53(78-38)76-36-18-26-31(74-48(36)24-7-9-27(56)29(58)15-24)16-25(55)17-32(26)75-51-47(68)45(66)43(64)37(19-54)77-51/h4-18,30,37-38,41,43-59,62-68H,19-21H2,1-3H3/p+1. The number of aliphatic hydroxyl groups is 9. The van der Waals surface area contributed by atoms with Gasteiger partial charge in [0.2, 0.25) is 18.3 Å². The highest BCUT2D eigenvalue weighted by molar-refractivity contribution is 5.88. The zero-order valence-electron chi connectivity index (χ0n) is 42.5. The van der Waals surface area contributed by atoms with Gasteiger partial charge in [-0.2, -0.15) is 0 Å². The lowest BCUT2D eigenvalue weighted by molar-refractivity contribution is -0.353. The van der Waals surface area contributed by atoms with Gasteiger partial charge in [0.25, 0.3) is 11.9 Å². The summed E-state index contributed by atoms with van der Waals surface area (Å²) in [6.07, 6.45) is -21.5. The number of hydrogen-bond donors (Lipinski definition) is 13. The van der Waals surface area contributed by atoms with Crippen LogP contribution in [0.15, 0.2) is 78.6 Å². The molecule has 4 aliphatic rings. The Morgan fingerprint density at radius 1 is 0.625 bits per heavy atom. The first-order valence-corrected chi connectivity index (χ1v) is 24.4. The first-order valence-electron chi connectivity index (χ1n) is 24.4. The van der Waals surface area contributed by atoms with Gasteiger partial charge in [0.1, 0.15) is 78.6 Å². The predicted molar refractivity (Wildman–Crippen MR) is 268 cm³/mol. The van der Waals surface area contributed by atoms with Gasteiger partial charge in [0.15, 0.2) is 58.8 Å². The Kier molecular flexibility index (Phi) is 18.4. The molecule has 14 N–H and O–H groups in total. The summed E-state index contributed by atoms with van der Waals surface area (Å²) in [5.74, 6) is -4.73. The molecule has 4 aromatic rings. The van der Waals surface area contributed by atoms with E-state index in [2.05, 4.69) is 0 Å². The molecule has 4 aromatic carbocycles. The molecule has 0 saturated carbocycles. The third-order valence-electron chi connectivity index (χ3n) is 13.1. The summed E-state index contributed by atoms with van der Waals surface area (Å²) in [7, 11) is 3.91. The molecule has 0 amide bonds. The zero-order chi connectivity index (χ0) is 57.7. The van der Waals surface area contributed by atoms with E-state index in [0.717, 1.165) is 30.4 Å². The molecule has 4 aliphatic heterocycles. The Morgan fingerprint density at radius 3 is 1.96 bits per heavy atom. The summed E-state index contributed by atoms with van der Waals surface area (Å²) >= 11 is 0. The summed E-state index contributed by atoms with van der Waals surface area (Å²) in [4.78, 5) is 26.5. The average Bonchev–Trinajstić information content (AvgIpc) is 3.47. The Balaban J connectivity index is 1.14. The summed E-state index contributed by atoms with van der Waals surface area (Å²) in [6.45, 7) is -2.23. The van der Waals surface area contributed by atoms with Gasteiger partial charge in [-0.3, -0.25) is 0 Å². The van der Waals surface area contributed by atoms with Crippen molar-refractivity contribution in [2.75, 3.05) is 41.2 Å². The molecule has 0 radical (unpaired) electrons. The maximum Gasteiger partial charge on any atom is 0.331 e. The largest absolute Gasteiger partial charge is 0.571 e. The maximum atomic E-state index is 13.4. The van der Waals surface area contributed by atoms with Crippen molar-refractivity contribution in [3.63, 3.8) is 0 Å². The lowest BCUT2D eigenvalue weighted by atomic mass is 9.97. The van der Waals surface area contributed by atoms with Gasteiger partial charge in [-0.1, -0.05) is 6.07 Å². The predicted octanol–water partition coefficient (Wildman–Crippen LogP) is -0.435. The molecular formula is C53H59O27+. The fourth-order valence-electron chi connectivity index (χ4n) is 8.81. The quantitative estimate of drug-likeness (QED) is 0.0260. The van der Waals surface area contributed by atoms with Crippen molar-refractivity contribution in [3.05, 3.63) is 101 Å². The summed E-state index contributed by atoms with van der Waals surface area (Å²) in [6, 6.07) is 12.8. The van der Waals surface area contributed by atoms with Crippen molar-refractivity contribution in [1.29, 1.82) is 0 Å². The average molecular weight is 1130 g/mol. The normalized spacial score (nSPS) is 29.4. The molecule has 3 saturated heterocycles. The molecule has 80 heavy (non-hydrogen) atoms. The Labute approximate surface area is 453 Å². The fraction of sp³-hybridized carbons (Fsp3) is 0.396. The van der Waals surface area contributed by atoms with Crippen LogP contribution in [0.5, 0.6) is 57.5 Å². The van der Waals surface area contributed by atoms with Crippen LogP contribution >= 0.6 is 0 Å². The van der Waals surface area contributed by atoms with Crippen LogP contribution in [0.1, 0.15) is 28.4 Å². The highest BCUT2D eigenvalue weighted by atomic mass is 16.8.